The van der Waals surface area contributed by atoms with Gasteiger partial charge < -0.3 is 20.1 Å². The van der Waals surface area contributed by atoms with Crippen molar-refractivity contribution < 1.29 is 19.1 Å². The first kappa shape index (κ1) is 18.5. The fourth-order valence-electron chi connectivity index (χ4n) is 2.52. The average molecular weight is 366 g/mol. The van der Waals surface area contributed by atoms with Gasteiger partial charge in [-0.2, -0.15) is 0 Å². The van der Waals surface area contributed by atoms with Crippen LogP contribution in [0, 0.1) is 0 Å². The molecule has 0 bridgehead atoms. The highest BCUT2D eigenvalue weighted by atomic mass is 16.7. The first-order valence-corrected chi connectivity index (χ1v) is 8.85. The number of nitrogens with one attached hydrogen (secondary N) is 2. The van der Waals surface area contributed by atoms with Crippen molar-refractivity contribution in [3.8, 4) is 11.5 Å². The lowest BCUT2D eigenvalue weighted by atomic mass is 10.1. The van der Waals surface area contributed by atoms with Crippen molar-refractivity contribution >= 4 is 17.9 Å². The molecule has 0 unspecified atom stereocenters. The number of fused-ring (bicyclic) bond motifs is 1. The Kier molecular flexibility index (Phi) is 5.76. The highest BCUT2D eigenvalue weighted by Gasteiger charge is 2.17. The van der Waals surface area contributed by atoms with E-state index in [9.17, 15) is 9.59 Å². The molecule has 1 aliphatic rings. The summed E-state index contributed by atoms with van der Waals surface area (Å²) in [5.41, 5.74) is 1.37. The third-order valence-corrected chi connectivity index (χ3v) is 4.23. The molecular formula is C21H22N2O4. The number of carbonyl (C=O) groups is 2. The number of benzene rings is 2. The van der Waals surface area contributed by atoms with Gasteiger partial charge in [0.15, 0.2) is 11.5 Å². The molecule has 0 saturated heterocycles. The van der Waals surface area contributed by atoms with E-state index in [1.807, 2.05) is 19.9 Å². The molecule has 2 aromatic carbocycles. The second-order valence-corrected chi connectivity index (χ2v) is 6.27. The first-order chi connectivity index (χ1) is 13.1. The minimum Gasteiger partial charge on any atom is -0.454 e. The molecule has 1 atom stereocenters. The topological polar surface area (TPSA) is 76.7 Å². The maximum atomic E-state index is 12.7. The number of rotatable bonds is 6. The summed E-state index contributed by atoms with van der Waals surface area (Å²) in [4.78, 5) is 25.2. The molecule has 0 saturated carbocycles. The molecular weight excluding hydrogens is 344 g/mol. The molecule has 6 heteroatoms. The number of ether oxygens (including phenoxy) is 2. The molecule has 2 amide bonds. The van der Waals surface area contributed by atoms with Crippen LogP contribution in [-0.2, 0) is 4.79 Å². The van der Waals surface area contributed by atoms with Crippen LogP contribution in [0.3, 0.4) is 0 Å². The quantitative estimate of drug-likeness (QED) is 0.770. The van der Waals surface area contributed by atoms with E-state index < -0.39 is 0 Å². The van der Waals surface area contributed by atoms with Crippen molar-refractivity contribution in [2.75, 3.05) is 6.79 Å². The van der Waals surface area contributed by atoms with Gasteiger partial charge in [0.05, 0.1) is 0 Å². The van der Waals surface area contributed by atoms with E-state index >= 15 is 0 Å². The van der Waals surface area contributed by atoms with E-state index in [0.717, 1.165) is 12.0 Å². The standard InChI is InChI=1S/C21H22N2O4/c1-3-14(2)22-21(25)17(23-20(24)16-7-5-4-6-8-16)11-15-9-10-18-19(12-15)27-13-26-18/h4-12,14H,3,13H2,1-2H3,(H,22,25)(H,23,24)/b17-11+/t14-/m0/s1. The molecule has 140 valence electrons. The van der Waals surface area contributed by atoms with E-state index in [1.54, 1.807) is 48.5 Å². The normalized spacial score (nSPS) is 13.8. The van der Waals surface area contributed by atoms with Crippen LogP contribution in [0.1, 0.15) is 36.2 Å². The van der Waals surface area contributed by atoms with Gasteiger partial charge in [-0.15, -0.1) is 0 Å². The Balaban J connectivity index is 1.87. The van der Waals surface area contributed by atoms with Gasteiger partial charge in [0.2, 0.25) is 6.79 Å². The number of carbonyl (C=O) groups excluding carboxylic acids is 2. The molecule has 2 aromatic rings. The second kappa shape index (κ2) is 8.40. The van der Waals surface area contributed by atoms with E-state index in [2.05, 4.69) is 10.6 Å². The molecule has 1 heterocycles. The van der Waals surface area contributed by atoms with E-state index in [-0.39, 0.29) is 30.3 Å². The maximum absolute atomic E-state index is 12.7. The largest absolute Gasteiger partial charge is 0.454 e. The molecule has 0 spiro atoms. The molecule has 0 fully saturated rings. The summed E-state index contributed by atoms with van der Waals surface area (Å²) in [6.07, 6.45) is 2.41. The Labute approximate surface area is 158 Å². The fourth-order valence-corrected chi connectivity index (χ4v) is 2.52. The van der Waals surface area contributed by atoms with Crippen LogP contribution in [0.4, 0.5) is 0 Å². The van der Waals surface area contributed by atoms with Gasteiger partial charge in [-0.05, 0) is 49.2 Å². The van der Waals surface area contributed by atoms with Gasteiger partial charge in [-0.25, -0.2) is 0 Å². The van der Waals surface area contributed by atoms with Crippen molar-refractivity contribution in [1.29, 1.82) is 0 Å². The molecule has 6 nitrogen and oxygen atoms in total. The SMILES string of the molecule is CC[C@H](C)NC(=O)/C(=C\c1ccc2c(c1)OCO2)NC(=O)c1ccccc1. The zero-order valence-electron chi connectivity index (χ0n) is 15.3. The molecule has 3 rings (SSSR count). The molecule has 0 aliphatic carbocycles. The zero-order valence-corrected chi connectivity index (χ0v) is 15.3. The molecule has 1 aliphatic heterocycles. The van der Waals surface area contributed by atoms with Gasteiger partial charge in [0.1, 0.15) is 5.70 Å². The van der Waals surface area contributed by atoms with Crippen LogP contribution in [0.15, 0.2) is 54.2 Å². The predicted molar refractivity (Wildman–Crippen MR) is 102 cm³/mol. The number of amides is 2. The summed E-state index contributed by atoms with van der Waals surface area (Å²) in [6, 6.07) is 14.1. The third-order valence-electron chi connectivity index (χ3n) is 4.23. The van der Waals surface area contributed by atoms with Crippen LogP contribution in [-0.4, -0.2) is 24.6 Å². The Morgan fingerprint density at radius 1 is 1.11 bits per heavy atom. The van der Waals surface area contributed by atoms with Gasteiger partial charge in [0, 0.05) is 11.6 Å². The van der Waals surface area contributed by atoms with Crippen LogP contribution in [0.2, 0.25) is 0 Å². The van der Waals surface area contributed by atoms with Crippen LogP contribution >= 0.6 is 0 Å². The molecule has 0 aromatic heterocycles. The summed E-state index contributed by atoms with van der Waals surface area (Å²) < 4.78 is 10.7. The second-order valence-electron chi connectivity index (χ2n) is 6.27. The number of hydrogen-bond acceptors (Lipinski definition) is 4. The summed E-state index contributed by atoms with van der Waals surface area (Å²) in [7, 11) is 0. The van der Waals surface area contributed by atoms with Crippen molar-refractivity contribution in [2.45, 2.75) is 26.3 Å². The summed E-state index contributed by atoms with van der Waals surface area (Å²) in [5.74, 6) is 0.582. The lowest BCUT2D eigenvalue weighted by Gasteiger charge is -2.15. The van der Waals surface area contributed by atoms with Gasteiger partial charge in [0.25, 0.3) is 11.8 Å². The summed E-state index contributed by atoms with van der Waals surface area (Å²) >= 11 is 0. The van der Waals surface area contributed by atoms with E-state index in [1.165, 1.54) is 0 Å². The highest BCUT2D eigenvalue weighted by molar-refractivity contribution is 6.05. The minimum atomic E-state index is -0.345. The molecule has 2 N–H and O–H groups in total. The van der Waals surface area contributed by atoms with Gasteiger partial charge in [-0.1, -0.05) is 31.2 Å². The van der Waals surface area contributed by atoms with Crippen LogP contribution < -0.4 is 20.1 Å². The number of hydrogen-bond donors (Lipinski definition) is 2. The van der Waals surface area contributed by atoms with E-state index in [0.29, 0.717) is 17.1 Å². The van der Waals surface area contributed by atoms with Crippen molar-refractivity contribution in [2.24, 2.45) is 0 Å². The van der Waals surface area contributed by atoms with Gasteiger partial charge in [-0.3, -0.25) is 9.59 Å². The Morgan fingerprint density at radius 3 is 2.59 bits per heavy atom. The summed E-state index contributed by atoms with van der Waals surface area (Å²) in [5, 5.41) is 5.60. The Hall–Kier alpha value is -3.28. The van der Waals surface area contributed by atoms with Crippen LogP contribution in [0.25, 0.3) is 6.08 Å². The van der Waals surface area contributed by atoms with Crippen molar-refractivity contribution in [1.82, 2.24) is 10.6 Å². The minimum absolute atomic E-state index is 0.00807. The maximum Gasteiger partial charge on any atom is 0.268 e. The lowest BCUT2D eigenvalue weighted by Crippen LogP contribution is -2.38. The fraction of sp³-hybridized carbons (Fsp3) is 0.238. The highest BCUT2D eigenvalue weighted by Crippen LogP contribution is 2.33. The Morgan fingerprint density at radius 2 is 1.85 bits per heavy atom. The smallest absolute Gasteiger partial charge is 0.268 e. The Bertz CT molecular complexity index is 862. The monoisotopic (exact) mass is 366 g/mol. The summed E-state index contributed by atoms with van der Waals surface area (Å²) in [6.45, 7) is 4.07. The van der Waals surface area contributed by atoms with Crippen molar-refractivity contribution in [3.05, 3.63) is 65.4 Å². The van der Waals surface area contributed by atoms with E-state index in [4.69, 9.17) is 9.47 Å². The first-order valence-electron chi connectivity index (χ1n) is 8.85. The van der Waals surface area contributed by atoms with Gasteiger partial charge >= 0.3 is 0 Å². The lowest BCUT2D eigenvalue weighted by molar-refractivity contribution is -0.118. The molecule has 0 radical (unpaired) electrons. The van der Waals surface area contributed by atoms with Crippen molar-refractivity contribution in [3.63, 3.8) is 0 Å². The van der Waals surface area contributed by atoms with Crippen LogP contribution in [0.5, 0.6) is 11.5 Å². The zero-order chi connectivity index (χ0) is 19.2. The molecule has 27 heavy (non-hydrogen) atoms. The third kappa shape index (κ3) is 4.67. The predicted octanol–water partition coefficient (Wildman–Crippen LogP) is 3.10. The average Bonchev–Trinajstić information content (AvgIpc) is 3.15.